The van der Waals surface area contributed by atoms with Gasteiger partial charge < -0.3 is 14.2 Å². The molecule has 0 aliphatic carbocycles. The van der Waals surface area contributed by atoms with Crippen LogP contribution in [0.2, 0.25) is 0 Å². The molecule has 1 atom stereocenters. The van der Waals surface area contributed by atoms with Crippen molar-refractivity contribution in [1.82, 2.24) is 0 Å². The molecule has 73 heavy (non-hydrogen) atoms. The summed E-state index contributed by atoms with van der Waals surface area (Å²) in [6.07, 6.45) is 88.2. The number of carbonyl (C=O) groups excluding carboxylic acids is 3. The lowest BCUT2D eigenvalue weighted by Crippen LogP contribution is -2.30. The first-order chi connectivity index (χ1) is 36.0. The van der Waals surface area contributed by atoms with Gasteiger partial charge in [-0.2, -0.15) is 0 Å². The molecule has 0 aliphatic heterocycles. The van der Waals surface area contributed by atoms with E-state index in [1.54, 1.807) is 0 Å². The fourth-order valence-corrected chi connectivity index (χ4v) is 6.99. The van der Waals surface area contributed by atoms with E-state index in [0.29, 0.717) is 12.8 Å². The number of allylic oxidation sites excluding steroid dienone is 28. The highest BCUT2D eigenvalue weighted by Crippen LogP contribution is 2.11. The highest BCUT2D eigenvalue weighted by atomic mass is 16.6. The Morgan fingerprint density at radius 2 is 0.534 bits per heavy atom. The molecule has 0 heterocycles. The van der Waals surface area contributed by atoms with Crippen molar-refractivity contribution in [2.75, 3.05) is 13.2 Å². The first-order valence-electron chi connectivity index (χ1n) is 28.6. The van der Waals surface area contributed by atoms with Gasteiger partial charge >= 0.3 is 17.9 Å². The second-order valence-electron chi connectivity index (χ2n) is 18.1. The van der Waals surface area contributed by atoms with Crippen LogP contribution in [0.5, 0.6) is 0 Å². The number of rotatable bonds is 49. The van der Waals surface area contributed by atoms with E-state index < -0.39 is 6.10 Å². The number of hydrogen-bond donors (Lipinski definition) is 0. The Bertz CT molecular complexity index is 1720. The highest BCUT2D eigenvalue weighted by molar-refractivity contribution is 5.71. The van der Waals surface area contributed by atoms with Gasteiger partial charge in [-0.25, -0.2) is 0 Å². The van der Waals surface area contributed by atoms with Crippen LogP contribution in [0, 0.1) is 0 Å². The molecule has 0 amide bonds. The minimum atomic E-state index is -0.816. The molecule has 0 aliphatic rings. The van der Waals surface area contributed by atoms with Crippen LogP contribution >= 0.6 is 0 Å². The molecule has 0 N–H and O–H groups in total. The molecule has 0 radical (unpaired) electrons. The Kier molecular flexibility index (Phi) is 55.1. The second-order valence-corrected chi connectivity index (χ2v) is 18.1. The monoisotopic (exact) mass is 1000 g/mol. The van der Waals surface area contributed by atoms with Crippen LogP contribution in [0.25, 0.3) is 0 Å². The summed E-state index contributed by atoms with van der Waals surface area (Å²) in [5.74, 6) is -1.01. The van der Waals surface area contributed by atoms with Gasteiger partial charge in [0.05, 0.1) is 0 Å². The maximum absolute atomic E-state index is 12.8. The summed E-state index contributed by atoms with van der Waals surface area (Å²) < 4.78 is 16.6. The van der Waals surface area contributed by atoms with E-state index in [-0.39, 0.29) is 44.0 Å². The minimum absolute atomic E-state index is 0.112. The lowest BCUT2D eigenvalue weighted by atomic mass is 10.1. The lowest BCUT2D eigenvalue weighted by molar-refractivity contribution is -0.167. The highest BCUT2D eigenvalue weighted by Gasteiger charge is 2.19. The predicted octanol–water partition coefficient (Wildman–Crippen LogP) is 19.5. The van der Waals surface area contributed by atoms with Gasteiger partial charge in [-0.15, -0.1) is 0 Å². The standard InChI is InChI=1S/C67H102O6/c1-4-7-10-13-15-17-19-21-23-25-27-29-31-32-33-34-36-37-39-41-43-45-47-49-51-54-57-60-66(69)72-63-64(62-71-65(68)59-56-53-12-9-6-3)73-67(70)61-58-55-52-50-48-46-44-42-40-38-35-30-28-26-24-22-20-18-16-14-11-8-5-2/h7-8,10-11,15-18,21-24,27-30,32-33,36-38,40-41,43-44,46-47,49,64H,4-6,9,12-14,19-20,25-26,31,34-35,39,42,45,48,50-63H2,1-3H3/b10-7-,11-8-,17-15-,18-16-,23-21-,24-22-,29-27-,30-28-,33-32-,37-36-,40-38-,43-41-,46-44-,49-47-. The van der Waals surface area contributed by atoms with Gasteiger partial charge in [0.1, 0.15) is 13.2 Å². The van der Waals surface area contributed by atoms with E-state index >= 15 is 0 Å². The minimum Gasteiger partial charge on any atom is -0.462 e. The fourth-order valence-electron chi connectivity index (χ4n) is 6.99. The maximum Gasteiger partial charge on any atom is 0.306 e. The molecule has 0 aromatic heterocycles. The van der Waals surface area contributed by atoms with Crippen LogP contribution < -0.4 is 0 Å². The van der Waals surface area contributed by atoms with E-state index in [4.69, 9.17) is 14.2 Å². The molecule has 0 saturated carbocycles. The van der Waals surface area contributed by atoms with Crippen molar-refractivity contribution >= 4 is 17.9 Å². The Morgan fingerprint density at radius 3 is 0.849 bits per heavy atom. The number of esters is 3. The average molecular weight is 1000 g/mol. The molecule has 0 fully saturated rings. The number of ether oxygens (including phenoxy) is 3. The molecular formula is C67H102O6. The second kappa shape index (κ2) is 59.3. The van der Waals surface area contributed by atoms with E-state index in [0.717, 1.165) is 167 Å². The van der Waals surface area contributed by atoms with Crippen molar-refractivity contribution in [1.29, 1.82) is 0 Å². The zero-order chi connectivity index (χ0) is 52.9. The van der Waals surface area contributed by atoms with E-state index in [1.165, 1.54) is 0 Å². The normalized spacial score (nSPS) is 13.4. The molecule has 1 unspecified atom stereocenters. The summed E-state index contributed by atoms with van der Waals surface area (Å²) in [5.41, 5.74) is 0. The molecule has 0 spiro atoms. The maximum atomic E-state index is 12.8. The van der Waals surface area contributed by atoms with Gasteiger partial charge in [0.25, 0.3) is 0 Å². The van der Waals surface area contributed by atoms with Crippen molar-refractivity contribution in [3.63, 3.8) is 0 Å². The molecule has 6 heteroatoms. The third kappa shape index (κ3) is 57.5. The largest absolute Gasteiger partial charge is 0.462 e. The van der Waals surface area contributed by atoms with Gasteiger partial charge in [-0.05, 0) is 135 Å². The first kappa shape index (κ1) is 67.8. The molecule has 6 nitrogen and oxygen atoms in total. The summed E-state index contributed by atoms with van der Waals surface area (Å²) in [6, 6.07) is 0. The third-order valence-corrected chi connectivity index (χ3v) is 11.2. The van der Waals surface area contributed by atoms with Crippen LogP contribution in [0.3, 0.4) is 0 Å². The van der Waals surface area contributed by atoms with E-state index in [9.17, 15) is 14.4 Å². The van der Waals surface area contributed by atoms with Crippen LogP contribution in [0.15, 0.2) is 170 Å². The zero-order valence-electron chi connectivity index (χ0n) is 46.3. The summed E-state index contributed by atoms with van der Waals surface area (Å²) in [6.45, 7) is 6.24. The fraction of sp³-hybridized carbons (Fsp3) is 0.537. The van der Waals surface area contributed by atoms with Crippen LogP contribution in [-0.2, 0) is 28.6 Å². The SMILES string of the molecule is CC/C=C\C/C=C\C/C=C\C/C=C\C/C=C\C/C=C\C/C=C\C/C=C\CCCCC(=O)OCC(COC(=O)CCCCCCC)OC(=O)CCCCCC/C=C\C/C=C\C/C=C\C/C=C\C/C=C\C/C=C\CC. The van der Waals surface area contributed by atoms with Crippen molar-refractivity contribution < 1.29 is 28.6 Å². The van der Waals surface area contributed by atoms with Gasteiger partial charge in [0.15, 0.2) is 6.10 Å². The van der Waals surface area contributed by atoms with Gasteiger partial charge in [-0.3, -0.25) is 14.4 Å². The lowest BCUT2D eigenvalue weighted by Gasteiger charge is -2.18. The Balaban J connectivity index is 4.31. The Hall–Kier alpha value is -5.23. The summed E-state index contributed by atoms with van der Waals surface area (Å²) >= 11 is 0. The van der Waals surface area contributed by atoms with Crippen molar-refractivity contribution in [3.8, 4) is 0 Å². The number of hydrogen-bond acceptors (Lipinski definition) is 6. The topological polar surface area (TPSA) is 78.9 Å². The van der Waals surface area contributed by atoms with Gasteiger partial charge in [-0.1, -0.05) is 229 Å². The van der Waals surface area contributed by atoms with E-state index in [2.05, 4.69) is 191 Å². The predicted molar refractivity (Wildman–Crippen MR) is 315 cm³/mol. The number of carbonyl (C=O) groups is 3. The van der Waals surface area contributed by atoms with Crippen LogP contribution in [0.4, 0.5) is 0 Å². The molecule has 0 rings (SSSR count). The third-order valence-electron chi connectivity index (χ3n) is 11.2. The van der Waals surface area contributed by atoms with Crippen molar-refractivity contribution in [2.45, 2.75) is 219 Å². The molecule has 406 valence electrons. The quantitative estimate of drug-likeness (QED) is 0.0261. The molecule has 0 aromatic carbocycles. The average Bonchev–Trinajstić information content (AvgIpc) is 3.39. The first-order valence-corrected chi connectivity index (χ1v) is 28.6. The smallest absolute Gasteiger partial charge is 0.306 e. The summed E-state index contributed by atoms with van der Waals surface area (Å²) in [7, 11) is 0. The van der Waals surface area contributed by atoms with Crippen molar-refractivity contribution in [3.05, 3.63) is 170 Å². The summed E-state index contributed by atoms with van der Waals surface area (Å²) in [5, 5.41) is 0. The number of unbranched alkanes of at least 4 members (excludes halogenated alkanes) is 10. The Morgan fingerprint density at radius 1 is 0.288 bits per heavy atom. The van der Waals surface area contributed by atoms with Crippen molar-refractivity contribution in [2.24, 2.45) is 0 Å². The van der Waals surface area contributed by atoms with Crippen LogP contribution in [0.1, 0.15) is 213 Å². The molecular weight excluding hydrogens is 901 g/mol. The van der Waals surface area contributed by atoms with Gasteiger partial charge in [0.2, 0.25) is 0 Å². The summed E-state index contributed by atoms with van der Waals surface area (Å²) in [4.78, 5) is 37.8. The van der Waals surface area contributed by atoms with Crippen LogP contribution in [-0.4, -0.2) is 37.2 Å². The molecule has 0 saturated heterocycles. The van der Waals surface area contributed by atoms with Gasteiger partial charge in [0, 0.05) is 19.3 Å². The zero-order valence-corrected chi connectivity index (χ0v) is 46.3. The molecule has 0 aromatic rings. The Labute approximate surface area is 447 Å². The molecule has 0 bridgehead atoms. The van der Waals surface area contributed by atoms with E-state index in [1.807, 2.05) is 0 Å².